The zero-order chi connectivity index (χ0) is 12.7. The van der Waals surface area contributed by atoms with Crippen molar-refractivity contribution in [3.05, 3.63) is 0 Å². The van der Waals surface area contributed by atoms with Gasteiger partial charge in [0.05, 0.1) is 12.1 Å². The normalized spacial score (nSPS) is 23.4. The lowest BCUT2D eigenvalue weighted by atomic mass is 9.93. The van der Waals surface area contributed by atoms with E-state index in [0.717, 1.165) is 32.2 Å². The van der Waals surface area contributed by atoms with Crippen LogP contribution >= 0.6 is 0 Å². The van der Waals surface area contributed by atoms with Gasteiger partial charge in [-0.15, -0.1) is 0 Å². The van der Waals surface area contributed by atoms with E-state index in [4.69, 9.17) is 0 Å². The van der Waals surface area contributed by atoms with Crippen molar-refractivity contribution in [2.24, 2.45) is 0 Å². The van der Waals surface area contributed by atoms with E-state index >= 15 is 0 Å². The van der Waals surface area contributed by atoms with E-state index < -0.39 is 5.54 Å². The zero-order valence-corrected chi connectivity index (χ0v) is 10.8. The van der Waals surface area contributed by atoms with Crippen molar-refractivity contribution < 1.29 is 9.59 Å². The molecule has 3 N–H and O–H groups in total. The Hall–Kier alpha value is -1.10. The molecule has 2 amide bonds. The van der Waals surface area contributed by atoms with Gasteiger partial charge in [0.1, 0.15) is 0 Å². The average Bonchev–Trinajstić information content (AvgIpc) is 2.83. The lowest BCUT2D eigenvalue weighted by Crippen LogP contribution is -2.54. The van der Waals surface area contributed by atoms with E-state index in [2.05, 4.69) is 16.0 Å². The highest BCUT2D eigenvalue weighted by atomic mass is 16.2. The number of carbonyl (C=O) groups excluding carboxylic acids is 2. The molecule has 0 radical (unpaired) electrons. The van der Waals surface area contributed by atoms with Gasteiger partial charge in [-0.05, 0) is 32.2 Å². The summed E-state index contributed by atoms with van der Waals surface area (Å²) in [6.45, 7) is 5.60. The fourth-order valence-corrected chi connectivity index (χ4v) is 2.12. The van der Waals surface area contributed by atoms with E-state index in [1.165, 1.54) is 0 Å². The summed E-state index contributed by atoms with van der Waals surface area (Å²) < 4.78 is 0. The number of carbonyl (C=O) groups is 2. The minimum absolute atomic E-state index is 0.0517. The first kappa shape index (κ1) is 14.0. The number of amides is 2. The highest BCUT2D eigenvalue weighted by Gasteiger charge is 2.38. The number of hydrogen-bond acceptors (Lipinski definition) is 3. The maximum atomic E-state index is 12.0. The summed E-state index contributed by atoms with van der Waals surface area (Å²) in [5.74, 6) is -0.173. The summed E-state index contributed by atoms with van der Waals surface area (Å²) >= 11 is 0. The quantitative estimate of drug-likeness (QED) is 0.620. The first-order valence-electron chi connectivity index (χ1n) is 6.44. The van der Waals surface area contributed by atoms with Crippen molar-refractivity contribution in [1.82, 2.24) is 16.0 Å². The fraction of sp³-hybridized carbons (Fsp3) is 0.833. The molecular weight excluding hydrogens is 218 g/mol. The second-order valence-electron chi connectivity index (χ2n) is 4.50. The van der Waals surface area contributed by atoms with Crippen LogP contribution in [-0.4, -0.2) is 37.0 Å². The first-order chi connectivity index (χ1) is 8.14. The van der Waals surface area contributed by atoms with Crippen LogP contribution in [0.15, 0.2) is 0 Å². The lowest BCUT2D eigenvalue weighted by molar-refractivity contribution is -0.130. The third-order valence-corrected chi connectivity index (χ3v) is 3.26. The number of nitrogens with one attached hydrogen (secondary N) is 3. The van der Waals surface area contributed by atoms with Crippen LogP contribution in [0.5, 0.6) is 0 Å². The van der Waals surface area contributed by atoms with Crippen LogP contribution in [0.2, 0.25) is 0 Å². The molecular formula is C12H23N3O2. The molecule has 1 atom stereocenters. The Bertz CT molecular complexity index is 273. The van der Waals surface area contributed by atoms with Crippen molar-refractivity contribution in [2.45, 2.75) is 45.1 Å². The molecule has 98 valence electrons. The molecule has 1 heterocycles. The highest BCUT2D eigenvalue weighted by molar-refractivity contribution is 5.90. The van der Waals surface area contributed by atoms with Gasteiger partial charge in [0, 0.05) is 6.54 Å². The van der Waals surface area contributed by atoms with E-state index in [0.29, 0.717) is 6.54 Å². The van der Waals surface area contributed by atoms with Gasteiger partial charge in [-0.2, -0.15) is 0 Å². The fourth-order valence-electron chi connectivity index (χ4n) is 2.12. The van der Waals surface area contributed by atoms with E-state index in [-0.39, 0.29) is 18.4 Å². The van der Waals surface area contributed by atoms with E-state index in [1.807, 2.05) is 13.8 Å². The number of hydrogen-bond donors (Lipinski definition) is 3. The van der Waals surface area contributed by atoms with Gasteiger partial charge in [0.15, 0.2) is 0 Å². The summed E-state index contributed by atoms with van der Waals surface area (Å²) in [5, 5.41) is 8.69. The van der Waals surface area contributed by atoms with Gasteiger partial charge in [0.25, 0.3) is 0 Å². The molecule has 0 aromatic carbocycles. The third kappa shape index (κ3) is 3.70. The van der Waals surface area contributed by atoms with Gasteiger partial charge in [-0.1, -0.05) is 13.8 Å². The molecule has 1 fully saturated rings. The van der Waals surface area contributed by atoms with Crippen LogP contribution in [0.4, 0.5) is 0 Å². The van der Waals surface area contributed by atoms with Gasteiger partial charge >= 0.3 is 0 Å². The first-order valence-corrected chi connectivity index (χ1v) is 6.44. The molecule has 1 aliphatic heterocycles. The molecule has 0 spiro atoms. The Morgan fingerprint density at radius 3 is 2.59 bits per heavy atom. The topological polar surface area (TPSA) is 70.2 Å². The monoisotopic (exact) mass is 241 g/mol. The SMILES string of the molecule is CCCNC(=O)CNC(=O)C1(CC)CCCN1. The molecule has 5 nitrogen and oxygen atoms in total. The van der Waals surface area contributed by atoms with Crippen molar-refractivity contribution in [1.29, 1.82) is 0 Å². The predicted octanol–water partition coefficient (Wildman–Crippen LogP) is 0.161. The Labute approximate surface area is 103 Å². The molecule has 0 bridgehead atoms. The zero-order valence-electron chi connectivity index (χ0n) is 10.8. The summed E-state index contributed by atoms with van der Waals surface area (Å²) in [7, 11) is 0. The van der Waals surface area contributed by atoms with Gasteiger partial charge in [0.2, 0.25) is 11.8 Å². The van der Waals surface area contributed by atoms with Crippen LogP contribution < -0.4 is 16.0 Å². The summed E-state index contributed by atoms with van der Waals surface area (Å²) in [5.41, 5.74) is -0.453. The summed E-state index contributed by atoms with van der Waals surface area (Å²) in [6.07, 6.45) is 3.53. The highest BCUT2D eigenvalue weighted by Crippen LogP contribution is 2.22. The Morgan fingerprint density at radius 1 is 1.29 bits per heavy atom. The smallest absolute Gasteiger partial charge is 0.240 e. The van der Waals surface area contributed by atoms with E-state index in [1.54, 1.807) is 0 Å². The average molecular weight is 241 g/mol. The Morgan fingerprint density at radius 2 is 2.06 bits per heavy atom. The van der Waals surface area contributed by atoms with Crippen LogP contribution in [0.25, 0.3) is 0 Å². The van der Waals surface area contributed by atoms with Crippen LogP contribution in [0, 0.1) is 0 Å². The van der Waals surface area contributed by atoms with Crippen LogP contribution in [0.3, 0.4) is 0 Å². The molecule has 0 aromatic heterocycles. The molecule has 1 rings (SSSR count). The van der Waals surface area contributed by atoms with Crippen molar-refractivity contribution >= 4 is 11.8 Å². The Balaban J connectivity index is 2.35. The molecule has 1 aliphatic rings. The summed E-state index contributed by atoms with van der Waals surface area (Å²) in [6, 6.07) is 0. The Kier molecular flexibility index (Phi) is 5.41. The van der Waals surface area contributed by atoms with Crippen molar-refractivity contribution in [3.63, 3.8) is 0 Å². The third-order valence-electron chi connectivity index (χ3n) is 3.26. The molecule has 5 heteroatoms. The second-order valence-corrected chi connectivity index (χ2v) is 4.50. The molecule has 0 aromatic rings. The molecule has 1 saturated heterocycles. The predicted molar refractivity (Wildman–Crippen MR) is 66.6 cm³/mol. The lowest BCUT2D eigenvalue weighted by Gasteiger charge is -2.26. The van der Waals surface area contributed by atoms with Gasteiger partial charge < -0.3 is 16.0 Å². The molecule has 0 aliphatic carbocycles. The van der Waals surface area contributed by atoms with Gasteiger partial charge in [-0.3, -0.25) is 9.59 Å². The summed E-state index contributed by atoms with van der Waals surface area (Å²) in [4.78, 5) is 23.4. The second kappa shape index (κ2) is 6.59. The van der Waals surface area contributed by atoms with Crippen LogP contribution in [0.1, 0.15) is 39.5 Å². The molecule has 0 saturated carbocycles. The minimum atomic E-state index is -0.453. The van der Waals surface area contributed by atoms with E-state index in [9.17, 15) is 9.59 Å². The maximum absolute atomic E-state index is 12.0. The van der Waals surface area contributed by atoms with Gasteiger partial charge in [-0.25, -0.2) is 0 Å². The minimum Gasteiger partial charge on any atom is -0.355 e. The maximum Gasteiger partial charge on any atom is 0.240 e. The molecule has 17 heavy (non-hydrogen) atoms. The molecule has 1 unspecified atom stereocenters. The number of rotatable bonds is 6. The standard InChI is InChI=1S/C12H23N3O2/c1-3-7-13-10(16)9-14-11(17)12(4-2)6-5-8-15-12/h15H,3-9H2,1-2H3,(H,13,16)(H,14,17). The van der Waals surface area contributed by atoms with Crippen LogP contribution in [-0.2, 0) is 9.59 Å². The van der Waals surface area contributed by atoms with Crippen molar-refractivity contribution in [2.75, 3.05) is 19.6 Å². The van der Waals surface area contributed by atoms with Crippen molar-refractivity contribution in [3.8, 4) is 0 Å². The largest absolute Gasteiger partial charge is 0.355 e.